The number of aliphatic hydroxyl groups excluding tert-OH is 1. The molecule has 0 saturated heterocycles. The molecule has 17 heavy (non-hydrogen) atoms. The first-order valence-corrected chi connectivity index (χ1v) is 6.68. The Hall–Kier alpha value is -0.450. The van der Waals surface area contributed by atoms with Crippen molar-refractivity contribution in [1.82, 2.24) is 0 Å². The van der Waals surface area contributed by atoms with E-state index in [0.29, 0.717) is 22.6 Å². The van der Waals surface area contributed by atoms with Gasteiger partial charge in [-0.1, -0.05) is 12.1 Å². The summed E-state index contributed by atoms with van der Waals surface area (Å²) in [5.41, 5.74) is 0.310. The first-order valence-electron chi connectivity index (χ1n) is 5.88. The minimum atomic E-state index is -0.889. The van der Waals surface area contributed by atoms with Gasteiger partial charge in [0.1, 0.15) is 11.9 Å². The highest BCUT2D eigenvalue weighted by atomic mass is 79.9. The van der Waals surface area contributed by atoms with E-state index >= 15 is 0 Å². The van der Waals surface area contributed by atoms with Crippen LogP contribution in [0.5, 0.6) is 0 Å². The minimum absolute atomic E-state index is 0.288. The molecule has 2 rings (SSSR count). The van der Waals surface area contributed by atoms with Crippen LogP contribution in [0.15, 0.2) is 22.7 Å². The predicted octanol–water partition coefficient (Wildman–Crippen LogP) is 3.44. The second kappa shape index (κ2) is 5.46. The second-order valence-corrected chi connectivity index (χ2v) is 5.20. The number of halogens is 2. The maximum Gasteiger partial charge on any atom is 0.143 e. The molecule has 94 valence electrons. The van der Waals surface area contributed by atoms with Crippen molar-refractivity contribution in [3.05, 3.63) is 34.1 Å². The summed E-state index contributed by atoms with van der Waals surface area (Å²) < 4.78 is 19.8. The molecule has 0 spiro atoms. The smallest absolute Gasteiger partial charge is 0.143 e. The second-order valence-electron chi connectivity index (χ2n) is 4.35. The molecule has 1 aliphatic carbocycles. The molecule has 2 atom stereocenters. The van der Waals surface area contributed by atoms with Crippen molar-refractivity contribution in [3.63, 3.8) is 0 Å². The third-order valence-electron chi connectivity index (χ3n) is 3.06. The molecule has 0 radical (unpaired) electrons. The highest BCUT2D eigenvalue weighted by Gasteiger charge is 2.38. The van der Waals surface area contributed by atoms with E-state index in [9.17, 15) is 9.50 Å². The quantitative estimate of drug-likeness (QED) is 0.903. The number of hydrogen-bond donors (Lipinski definition) is 1. The summed E-state index contributed by atoms with van der Waals surface area (Å²) in [7, 11) is 0. The Morgan fingerprint density at radius 1 is 1.53 bits per heavy atom. The van der Waals surface area contributed by atoms with Crippen LogP contribution in [-0.4, -0.2) is 17.8 Å². The average Bonchev–Trinajstić information content (AvgIpc) is 3.13. The van der Waals surface area contributed by atoms with Gasteiger partial charge in [0.15, 0.2) is 0 Å². The fraction of sp³-hybridized carbons (Fsp3) is 0.538. The first kappa shape index (κ1) is 13.0. The minimum Gasteiger partial charge on any atom is -0.386 e. The summed E-state index contributed by atoms with van der Waals surface area (Å²) in [5, 5.41) is 10.2. The molecule has 0 bridgehead atoms. The Bertz CT molecular complexity index is 393. The Morgan fingerprint density at radius 3 is 2.82 bits per heavy atom. The maximum absolute atomic E-state index is 13.9. The van der Waals surface area contributed by atoms with Crippen LogP contribution in [0.4, 0.5) is 4.39 Å². The Morgan fingerprint density at radius 2 is 2.24 bits per heavy atom. The van der Waals surface area contributed by atoms with Crippen LogP contribution in [0.1, 0.15) is 31.4 Å². The zero-order valence-corrected chi connectivity index (χ0v) is 11.3. The molecule has 0 heterocycles. The summed E-state index contributed by atoms with van der Waals surface area (Å²) in [6, 6.07) is 4.96. The van der Waals surface area contributed by atoms with Crippen LogP contribution >= 0.6 is 15.9 Å². The average molecular weight is 303 g/mol. The van der Waals surface area contributed by atoms with Crippen LogP contribution in [0.2, 0.25) is 0 Å². The molecular formula is C13H16BrFO2. The first-order chi connectivity index (χ1) is 8.15. The fourth-order valence-corrected chi connectivity index (χ4v) is 2.41. The molecule has 0 aromatic heterocycles. The van der Waals surface area contributed by atoms with Gasteiger partial charge in [0.2, 0.25) is 0 Å². The van der Waals surface area contributed by atoms with Gasteiger partial charge >= 0.3 is 0 Å². The number of ether oxygens (including phenoxy) is 1. The van der Waals surface area contributed by atoms with E-state index in [2.05, 4.69) is 15.9 Å². The maximum atomic E-state index is 13.9. The molecule has 2 unspecified atom stereocenters. The van der Waals surface area contributed by atoms with E-state index in [4.69, 9.17) is 4.74 Å². The zero-order chi connectivity index (χ0) is 12.4. The van der Waals surface area contributed by atoms with Crippen molar-refractivity contribution in [3.8, 4) is 0 Å². The Balaban J connectivity index is 2.21. The van der Waals surface area contributed by atoms with E-state index in [-0.39, 0.29) is 6.10 Å². The van der Waals surface area contributed by atoms with Gasteiger partial charge in [-0.15, -0.1) is 0 Å². The molecule has 0 amide bonds. The van der Waals surface area contributed by atoms with E-state index in [1.807, 2.05) is 6.92 Å². The molecule has 1 aliphatic rings. The highest BCUT2D eigenvalue weighted by Crippen LogP contribution is 2.41. The molecule has 0 aliphatic heterocycles. The van der Waals surface area contributed by atoms with E-state index < -0.39 is 11.9 Å². The van der Waals surface area contributed by atoms with Gasteiger partial charge < -0.3 is 9.84 Å². The van der Waals surface area contributed by atoms with Gasteiger partial charge in [-0.05, 0) is 47.7 Å². The van der Waals surface area contributed by atoms with Gasteiger partial charge in [-0.3, -0.25) is 0 Å². The molecule has 1 saturated carbocycles. The molecule has 1 N–H and O–H groups in total. The van der Waals surface area contributed by atoms with Crippen LogP contribution < -0.4 is 0 Å². The molecular weight excluding hydrogens is 287 g/mol. The zero-order valence-electron chi connectivity index (χ0n) is 9.70. The van der Waals surface area contributed by atoms with E-state index in [1.165, 1.54) is 0 Å². The normalized spacial score (nSPS) is 19.1. The molecule has 2 nitrogen and oxygen atoms in total. The summed E-state index contributed by atoms with van der Waals surface area (Å²) in [4.78, 5) is 0. The summed E-state index contributed by atoms with van der Waals surface area (Å²) in [6.07, 6.45) is 0.929. The van der Waals surface area contributed by atoms with Gasteiger partial charge in [-0.25, -0.2) is 4.39 Å². The lowest BCUT2D eigenvalue weighted by Crippen LogP contribution is -2.25. The number of hydrogen-bond acceptors (Lipinski definition) is 2. The van der Waals surface area contributed by atoms with E-state index in [0.717, 1.165) is 12.8 Å². The third-order valence-corrected chi connectivity index (χ3v) is 3.67. The van der Waals surface area contributed by atoms with Crippen LogP contribution in [0.3, 0.4) is 0 Å². The standard InChI is InChI=1S/C13H16BrFO2/c1-2-17-13(8-6-7-8)12(16)9-4-3-5-10(14)11(9)15/h3-5,8,12-13,16H,2,6-7H2,1H3. The summed E-state index contributed by atoms with van der Waals surface area (Å²) in [5.74, 6) is -0.0336. The topological polar surface area (TPSA) is 29.5 Å². The van der Waals surface area contributed by atoms with Crippen LogP contribution in [0.25, 0.3) is 0 Å². The van der Waals surface area contributed by atoms with Crippen molar-refractivity contribution in [2.75, 3.05) is 6.61 Å². The monoisotopic (exact) mass is 302 g/mol. The highest BCUT2D eigenvalue weighted by molar-refractivity contribution is 9.10. The third kappa shape index (κ3) is 2.87. The van der Waals surface area contributed by atoms with Crippen molar-refractivity contribution in [2.45, 2.75) is 32.0 Å². The van der Waals surface area contributed by atoms with Gasteiger partial charge in [0, 0.05) is 12.2 Å². The predicted molar refractivity (Wildman–Crippen MR) is 67.2 cm³/mol. The van der Waals surface area contributed by atoms with Crippen molar-refractivity contribution >= 4 is 15.9 Å². The van der Waals surface area contributed by atoms with Gasteiger partial charge in [0.25, 0.3) is 0 Å². The summed E-state index contributed by atoms with van der Waals surface area (Å²) in [6.45, 7) is 2.42. The number of benzene rings is 1. The fourth-order valence-electron chi connectivity index (χ4n) is 2.03. The van der Waals surface area contributed by atoms with Gasteiger partial charge in [-0.2, -0.15) is 0 Å². The lowest BCUT2D eigenvalue weighted by atomic mass is 10.0. The Kier molecular flexibility index (Phi) is 4.17. The van der Waals surface area contributed by atoms with Crippen LogP contribution in [-0.2, 0) is 4.74 Å². The largest absolute Gasteiger partial charge is 0.386 e. The lowest BCUT2D eigenvalue weighted by molar-refractivity contribution is -0.0475. The molecule has 4 heteroatoms. The van der Waals surface area contributed by atoms with Crippen molar-refractivity contribution < 1.29 is 14.2 Å². The van der Waals surface area contributed by atoms with Crippen LogP contribution in [0, 0.1) is 11.7 Å². The van der Waals surface area contributed by atoms with Crippen molar-refractivity contribution in [2.24, 2.45) is 5.92 Å². The summed E-state index contributed by atoms with van der Waals surface area (Å²) >= 11 is 3.13. The molecule has 1 aromatic carbocycles. The number of rotatable bonds is 5. The SMILES string of the molecule is CCOC(C1CC1)C(O)c1cccc(Br)c1F. The number of aliphatic hydroxyl groups is 1. The molecule has 1 fully saturated rings. The van der Waals surface area contributed by atoms with Crippen molar-refractivity contribution in [1.29, 1.82) is 0 Å². The molecule has 1 aromatic rings. The van der Waals surface area contributed by atoms with Gasteiger partial charge in [0.05, 0.1) is 10.6 Å². The van der Waals surface area contributed by atoms with E-state index in [1.54, 1.807) is 18.2 Å². The lowest BCUT2D eigenvalue weighted by Gasteiger charge is -2.23. The Labute approximate surface area is 109 Å².